The number of nitrogens with zero attached hydrogens (tertiary/aromatic N) is 3. The average molecular weight is 472 g/mol. The van der Waals surface area contributed by atoms with Crippen molar-refractivity contribution in [2.75, 3.05) is 5.32 Å². The molecule has 3 N–H and O–H groups in total. The minimum absolute atomic E-state index is 0.122. The number of nitrogens with one attached hydrogen (secondary N) is 2. The maximum atomic E-state index is 13.6. The van der Waals surface area contributed by atoms with Crippen molar-refractivity contribution in [3.8, 4) is 0 Å². The first-order chi connectivity index (χ1) is 15.1. The highest BCUT2D eigenvalue weighted by atomic mass is 35.5. The summed E-state index contributed by atoms with van der Waals surface area (Å²) in [5, 5.41) is 12.9. The van der Waals surface area contributed by atoms with Crippen molar-refractivity contribution in [2.24, 2.45) is 0 Å². The summed E-state index contributed by atoms with van der Waals surface area (Å²) in [6.07, 6.45) is -2.27. The average Bonchev–Trinajstić information content (AvgIpc) is 2.72. The molecular formula is C20H18ClF4N5O2. The second-order valence-electron chi connectivity index (χ2n) is 6.33. The van der Waals surface area contributed by atoms with Gasteiger partial charge in [-0.3, -0.25) is 4.79 Å². The predicted octanol–water partition coefficient (Wildman–Crippen LogP) is 4.98. The van der Waals surface area contributed by atoms with Crippen LogP contribution in [0.5, 0.6) is 0 Å². The third kappa shape index (κ3) is 7.43. The minimum Gasteiger partial charge on any atom is -0.483 e. The smallest absolute Gasteiger partial charge is 0.433 e. The molecule has 0 aliphatic rings. The van der Waals surface area contributed by atoms with E-state index in [1.807, 2.05) is 0 Å². The van der Waals surface area contributed by atoms with Gasteiger partial charge in [0.25, 0.3) is 6.47 Å². The van der Waals surface area contributed by atoms with Crippen LogP contribution in [0.4, 0.5) is 29.2 Å². The van der Waals surface area contributed by atoms with Crippen molar-refractivity contribution in [3.05, 3.63) is 76.6 Å². The van der Waals surface area contributed by atoms with E-state index in [1.165, 1.54) is 12.3 Å². The fraction of sp³-hybridized carbons (Fsp3) is 0.200. The molecule has 2 heterocycles. The van der Waals surface area contributed by atoms with E-state index in [0.717, 1.165) is 6.20 Å². The number of benzene rings is 1. The molecule has 3 rings (SSSR count). The highest BCUT2D eigenvalue weighted by molar-refractivity contribution is 6.30. The van der Waals surface area contributed by atoms with Crippen LogP contribution in [-0.2, 0) is 17.5 Å². The van der Waals surface area contributed by atoms with Gasteiger partial charge in [0.2, 0.25) is 11.9 Å². The van der Waals surface area contributed by atoms with E-state index in [9.17, 15) is 17.6 Å². The number of alkyl halides is 3. The summed E-state index contributed by atoms with van der Waals surface area (Å²) >= 11 is 5.88. The lowest BCUT2D eigenvalue weighted by Crippen LogP contribution is -2.23. The van der Waals surface area contributed by atoms with Crippen LogP contribution in [0.3, 0.4) is 0 Å². The Balaban J connectivity index is 0.00000114. The van der Waals surface area contributed by atoms with Gasteiger partial charge >= 0.3 is 6.18 Å². The zero-order valence-electron chi connectivity index (χ0n) is 16.6. The summed E-state index contributed by atoms with van der Waals surface area (Å²) < 4.78 is 53.9. The number of anilines is 2. The number of pyridine rings is 1. The van der Waals surface area contributed by atoms with Crippen LogP contribution in [-0.4, -0.2) is 26.5 Å². The topological polar surface area (TPSA) is 100 Å². The van der Waals surface area contributed by atoms with Crippen molar-refractivity contribution < 1.29 is 27.5 Å². The van der Waals surface area contributed by atoms with E-state index < -0.39 is 23.9 Å². The van der Waals surface area contributed by atoms with Crippen molar-refractivity contribution in [1.29, 1.82) is 0 Å². The molecule has 0 bridgehead atoms. The molecule has 2 aromatic heterocycles. The molecule has 1 aromatic carbocycles. The first-order valence-electron chi connectivity index (χ1n) is 9.02. The zero-order chi connectivity index (χ0) is 23.7. The van der Waals surface area contributed by atoms with Crippen molar-refractivity contribution in [1.82, 2.24) is 20.3 Å². The Labute approximate surface area is 185 Å². The van der Waals surface area contributed by atoms with Crippen LogP contribution in [0, 0.1) is 5.95 Å². The Hall–Kier alpha value is -3.31. The quantitative estimate of drug-likeness (QED) is 0.265. The molecule has 1 unspecified atom stereocenters. The maximum Gasteiger partial charge on any atom is 0.433 e. The van der Waals surface area contributed by atoms with Crippen molar-refractivity contribution >= 4 is 29.7 Å². The Morgan fingerprint density at radius 2 is 1.94 bits per heavy atom. The molecule has 0 saturated heterocycles. The first kappa shape index (κ1) is 25.0. The molecule has 3 aromatic rings. The van der Waals surface area contributed by atoms with Gasteiger partial charge in [-0.15, -0.1) is 0 Å². The van der Waals surface area contributed by atoms with Crippen molar-refractivity contribution in [3.63, 3.8) is 0 Å². The van der Waals surface area contributed by atoms with E-state index >= 15 is 0 Å². The van der Waals surface area contributed by atoms with Crippen LogP contribution in [0.15, 0.2) is 48.8 Å². The minimum atomic E-state index is -4.68. The Bertz CT molecular complexity index is 1050. The first-order valence-corrected chi connectivity index (χ1v) is 9.40. The molecule has 170 valence electrons. The van der Waals surface area contributed by atoms with E-state index in [1.54, 1.807) is 37.3 Å². The second-order valence-corrected chi connectivity index (χ2v) is 6.76. The Kier molecular flexibility index (Phi) is 8.85. The number of rotatable bonds is 6. The Morgan fingerprint density at radius 1 is 1.22 bits per heavy atom. The molecule has 0 aliphatic heterocycles. The van der Waals surface area contributed by atoms with Gasteiger partial charge in [-0.2, -0.15) is 17.6 Å². The van der Waals surface area contributed by atoms with Gasteiger partial charge in [0.1, 0.15) is 0 Å². The zero-order valence-corrected chi connectivity index (χ0v) is 17.3. The summed E-state index contributed by atoms with van der Waals surface area (Å²) in [5.74, 6) is -0.862. The fourth-order valence-electron chi connectivity index (χ4n) is 2.62. The lowest BCUT2D eigenvalue weighted by atomic mass is 10.1. The summed E-state index contributed by atoms with van der Waals surface area (Å²) in [6.45, 7) is 1.45. The SMILES string of the molecule is CC(NCc1ccnc(F)c1)c1cnc(Nc2cccc(Cl)c2)nc1C(F)(F)F.O=CO. The highest BCUT2D eigenvalue weighted by Crippen LogP contribution is 2.34. The fourth-order valence-corrected chi connectivity index (χ4v) is 2.81. The third-order valence-electron chi connectivity index (χ3n) is 4.04. The second kappa shape index (κ2) is 11.3. The maximum absolute atomic E-state index is 13.6. The number of hydrogen-bond acceptors (Lipinski definition) is 6. The summed E-state index contributed by atoms with van der Waals surface area (Å²) in [7, 11) is 0. The monoisotopic (exact) mass is 471 g/mol. The molecule has 1 atom stereocenters. The molecule has 0 radical (unpaired) electrons. The number of carbonyl (C=O) groups is 1. The van der Waals surface area contributed by atoms with E-state index in [2.05, 4.69) is 25.6 Å². The highest BCUT2D eigenvalue weighted by Gasteiger charge is 2.37. The molecule has 0 amide bonds. The summed E-state index contributed by atoms with van der Waals surface area (Å²) in [5.41, 5.74) is -0.163. The van der Waals surface area contributed by atoms with Crippen LogP contribution >= 0.6 is 11.6 Å². The van der Waals surface area contributed by atoms with Gasteiger partial charge < -0.3 is 15.7 Å². The number of halogens is 5. The number of aromatic nitrogens is 3. The van der Waals surface area contributed by atoms with Gasteiger partial charge in [0.15, 0.2) is 5.69 Å². The van der Waals surface area contributed by atoms with Crippen LogP contribution in [0.2, 0.25) is 5.02 Å². The largest absolute Gasteiger partial charge is 0.483 e. The van der Waals surface area contributed by atoms with Gasteiger partial charge in [-0.1, -0.05) is 17.7 Å². The van der Waals surface area contributed by atoms with Gasteiger partial charge in [-0.05, 0) is 42.8 Å². The third-order valence-corrected chi connectivity index (χ3v) is 4.27. The van der Waals surface area contributed by atoms with Crippen molar-refractivity contribution in [2.45, 2.75) is 25.7 Å². The van der Waals surface area contributed by atoms with E-state index in [-0.39, 0.29) is 24.5 Å². The molecule has 0 aliphatic carbocycles. The van der Waals surface area contributed by atoms with Crippen LogP contribution in [0.25, 0.3) is 0 Å². The standard InChI is InChI=1S/C19H16ClF4N5.CH2O2/c1-11(26-9-12-5-6-25-16(21)7-12)15-10-27-18(29-17(15)19(22,23)24)28-14-4-2-3-13(20)8-14;2-1-3/h2-8,10-11,26H,9H2,1H3,(H,27,28,29);1H,(H,2,3). The van der Waals surface area contributed by atoms with Gasteiger partial charge in [0.05, 0.1) is 0 Å². The van der Waals surface area contributed by atoms with E-state index in [4.69, 9.17) is 21.5 Å². The Morgan fingerprint density at radius 3 is 2.56 bits per heavy atom. The summed E-state index contributed by atoms with van der Waals surface area (Å²) in [4.78, 5) is 19.5. The van der Waals surface area contributed by atoms with Crippen LogP contribution in [0.1, 0.15) is 29.8 Å². The molecule has 7 nitrogen and oxygen atoms in total. The predicted molar refractivity (Wildman–Crippen MR) is 110 cm³/mol. The lowest BCUT2D eigenvalue weighted by molar-refractivity contribution is -0.142. The molecule has 0 fully saturated rings. The lowest BCUT2D eigenvalue weighted by Gasteiger charge is -2.19. The number of hydrogen-bond donors (Lipinski definition) is 3. The number of carboxylic acid groups (broad SMARTS) is 1. The normalized spacial score (nSPS) is 11.8. The molecule has 32 heavy (non-hydrogen) atoms. The molecule has 0 spiro atoms. The molecule has 0 saturated carbocycles. The van der Waals surface area contributed by atoms with Gasteiger partial charge in [0, 0.05) is 41.3 Å². The molecular weight excluding hydrogens is 454 g/mol. The molecule has 12 heteroatoms. The summed E-state index contributed by atoms with van der Waals surface area (Å²) in [6, 6.07) is 8.51. The van der Waals surface area contributed by atoms with Crippen LogP contribution < -0.4 is 10.6 Å². The van der Waals surface area contributed by atoms with Gasteiger partial charge in [-0.25, -0.2) is 15.0 Å². The van der Waals surface area contributed by atoms with E-state index in [0.29, 0.717) is 16.3 Å².